The van der Waals surface area contributed by atoms with Gasteiger partial charge in [0.2, 0.25) is 8.32 Å². The maximum absolute atomic E-state index is 5.65. The quantitative estimate of drug-likeness (QED) is 0.441. The third kappa shape index (κ3) is 4.44. The Morgan fingerprint density at radius 3 is 2.50 bits per heavy atom. The van der Waals surface area contributed by atoms with Crippen LogP contribution < -0.4 is 0 Å². The second-order valence-electron chi connectivity index (χ2n) is 4.72. The average molecular weight is 233 g/mol. The van der Waals surface area contributed by atoms with Gasteiger partial charge in [-0.15, -0.1) is 0 Å². The first-order chi connectivity index (χ1) is 7.38. The van der Waals surface area contributed by atoms with Gasteiger partial charge in [-0.2, -0.15) is 0 Å². The fourth-order valence-electron chi connectivity index (χ4n) is 1.25. The Morgan fingerprint density at radius 2 is 1.94 bits per heavy atom. The van der Waals surface area contributed by atoms with Crippen LogP contribution >= 0.6 is 0 Å². The predicted octanol–water partition coefficient (Wildman–Crippen LogP) is 3.74. The van der Waals surface area contributed by atoms with Gasteiger partial charge in [0.05, 0.1) is 0 Å². The van der Waals surface area contributed by atoms with E-state index in [9.17, 15) is 0 Å². The number of aliphatic imine (C=N–C) groups is 1. The van der Waals surface area contributed by atoms with Gasteiger partial charge >= 0.3 is 0 Å². The van der Waals surface area contributed by atoms with Crippen LogP contribution in [0.2, 0.25) is 19.6 Å². The summed E-state index contributed by atoms with van der Waals surface area (Å²) in [7, 11) is -1.59. The van der Waals surface area contributed by atoms with Crippen LogP contribution in [0, 0.1) is 6.92 Å². The molecule has 16 heavy (non-hydrogen) atoms. The molecule has 0 radical (unpaired) electrons. The number of benzene rings is 1. The zero-order valence-corrected chi connectivity index (χ0v) is 11.4. The van der Waals surface area contributed by atoms with Gasteiger partial charge < -0.3 is 4.43 Å². The fourth-order valence-corrected chi connectivity index (χ4v) is 2.01. The Hall–Kier alpha value is -1.35. The van der Waals surface area contributed by atoms with Crippen LogP contribution in [0.1, 0.15) is 11.1 Å². The summed E-state index contributed by atoms with van der Waals surface area (Å²) in [6, 6.07) is 8.10. The number of hydrogen-bond donors (Lipinski definition) is 0. The van der Waals surface area contributed by atoms with Crippen molar-refractivity contribution in [2.45, 2.75) is 26.6 Å². The van der Waals surface area contributed by atoms with Crippen molar-refractivity contribution >= 4 is 14.5 Å². The van der Waals surface area contributed by atoms with E-state index < -0.39 is 8.32 Å². The standard InChI is InChI=1S/C13H19NOSi/c1-11-8-6-7-9-13(11)10-14-12(2)15-16(3,4)5/h6-10H,2H2,1,3-5H3. The lowest BCUT2D eigenvalue weighted by Crippen LogP contribution is -2.24. The number of aryl methyl sites for hydroxylation is 1. The third-order valence-corrected chi connectivity index (χ3v) is 2.81. The van der Waals surface area contributed by atoms with Crippen LogP contribution in [0.5, 0.6) is 0 Å². The van der Waals surface area contributed by atoms with Crippen LogP contribution in [0.15, 0.2) is 41.7 Å². The Kier molecular flexibility index (Phi) is 4.07. The minimum Gasteiger partial charge on any atom is -0.532 e. The summed E-state index contributed by atoms with van der Waals surface area (Å²) in [6.07, 6.45) is 1.80. The molecule has 1 aromatic rings. The average Bonchev–Trinajstić information content (AvgIpc) is 2.14. The minimum absolute atomic E-state index is 0.502. The molecule has 0 saturated heterocycles. The molecule has 0 atom stereocenters. The molecule has 0 saturated carbocycles. The lowest BCUT2D eigenvalue weighted by molar-refractivity contribution is 0.421. The first kappa shape index (κ1) is 12.7. The lowest BCUT2D eigenvalue weighted by Gasteiger charge is -2.17. The Morgan fingerprint density at radius 1 is 1.31 bits per heavy atom. The van der Waals surface area contributed by atoms with Gasteiger partial charge in [0.25, 0.3) is 0 Å². The van der Waals surface area contributed by atoms with E-state index in [1.165, 1.54) is 5.56 Å². The molecule has 0 bridgehead atoms. The molecular weight excluding hydrogens is 214 g/mol. The normalized spacial score (nSPS) is 11.8. The summed E-state index contributed by atoms with van der Waals surface area (Å²) >= 11 is 0. The lowest BCUT2D eigenvalue weighted by atomic mass is 10.1. The van der Waals surface area contributed by atoms with Crippen molar-refractivity contribution in [1.29, 1.82) is 0 Å². The van der Waals surface area contributed by atoms with Crippen molar-refractivity contribution in [3.63, 3.8) is 0 Å². The van der Waals surface area contributed by atoms with Crippen molar-refractivity contribution in [1.82, 2.24) is 0 Å². The number of nitrogens with zero attached hydrogens (tertiary/aromatic N) is 1. The van der Waals surface area contributed by atoms with E-state index in [0.29, 0.717) is 5.88 Å². The second kappa shape index (κ2) is 5.12. The van der Waals surface area contributed by atoms with Crippen LogP contribution in [0.3, 0.4) is 0 Å². The molecule has 0 aliphatic rings. The van der Waals surface area contributed by atoms with E-state index in [2.05, 4.69) is 44.2 Å². The molecule has 2 nitrogen and oxygen atoms in total. The number of rotatable bonds is 4. The van der Waals surface area contributed by atoms with E-state index in [0.717, 1.165) is 5.56 Å². The molecular formula is C13H19NOSi. The van der Waals surface area contributed by atoms with Crippen molar-refractivity contribution in [2.75, 3.05) is 0 Å². The zero-order valence-electron chi connectivity index (χ0n) is 10.4. The van der Waals surface area contributed by atoms with E-state index >= 15 is 0 Å². The zero-order chi connectivity index (χ0) is 12.2. The molecule has 1 rings (SSSR count). The molecule has 0 spiro atoms. The Balaban J connectivity index is 2.68. The number of hydrogen-bond acceptors (Lipinski definition) is 2. The molecule has 1 aromatic carbocycles. The summed E-state index contributed by atoms with van der Waals surface area (Å²) in [5.74, 6) is 0.502. The van der Waals surface area contributed by atoms with E-state index in [1.54, 1.807) is 6.21 Å². The SMILES string of the molecule is C=C(N=Cc1ccccc1C)O[Si](C)(C)C. The summed E-state index contributed by atoms with van der Waals surface area (Å²) in [6.45, 7) is 12.2. The van der Waals surface area contributed by atoms with Crippen LogP contribution in [0.25, 0.3) is 0 Å². The molecule has 0 fully saturated rings. The van der Waals surface area contributed by atoms with Gasteiger partial charge in [0, 0.05) is 6.21 Å². The highest BCUT2D eigenvalue weighted by Crippen LogP contribution is 2.10. The molecule has 0 amide bonds. The van der Waals surface area contributed by atoms with E-state index in [-0.39, 0.29) is 0 Å². The molecule has 0 aliphatic heterocycles. The first-order valence-electron chi connectivity index (χ1n) is 5.36. The fraction of sp³-hybridized carbons (Fsp3) is 0.308. The maximum atomic E-state index is 5.65. The summed E-state index contributed by atoms with van der Waals surface area (Å²) < 4.78 is 5.65. The highest BCUT2D eigenvalue weighted by atomic mass is 28.4. The van der Waals surface area contributed by atoms with Crippen LogP contribution in [-0.4, -0.2) is 14.5 Å². The van der Waals surface area contributed by atoms with Crippen LogP contribution in [0.4, 0.5) is 0 Å². The summed E-state index contributed by atoms with van der Waals surface area (Å²) in [5, 5.41) is 0. The maximum Gasteiger partial charge on any atom is 0.244 e. The molecule has 0 N–H and O–H groups in total. The van der Waals surface area contributed by atoms with Gasteiger partial charge in [-0.25, -0.2) is 4.99 Å². The Labute approximate surface area is 98.8 Å². The van der Waals surface area contributed by atoms with Crippen molar-refractivity contribution < 1.29 is 4.43 Å². The highest BCUT2D eigenvalue weighted by molar-refractivity contribution is 6.70. The van der Waals surface area contributed by atoms with Crippen molar-refractivity contribution in [2.24, 2.45) is 4.99 Å². The monoisotopic (exact) mass is 233 g/mol. The summed E-state index contributed by atoms with van der Waals surface area (Å²) in [4.78, 5) is 4.23. The van der Waals surface area contributed by atoms with Crippen LogP contribution in [-0.2, 0) is 4.43 Å². The first-order valence-corrected chi connectivity index (χ1v) is 8.77. The highest BCUT2D eigenvalue weighted by Gasteiger charge is 2.16. The Bertz CT molecular complexity index is 405. The third-order valence-electron chi connectivity index (χ3n) is 1.96. The van der Waals surface area contributed by atoms with Crippen molar-refractivity contribution in [3.05, 3.63) is 47.9 Å². The summed E-state index contributed by atoms with van der Waals surface area (Å²) in [5.41, 5.74) is 2.30. The van der Waals surface area contributed by atoms with Gasteiger partial charge in [0.15, 0.2) is 5.88 Å². The van der Waals surface area contributed by atoms with Gasteiger partial charge in [-0.05, 0) is 44.3 Å². The minimum atomic E-state index is -1.59. The smallest absolute Gasteiger partial charge is 0.244 e. The van der Waals surface area contributed by atoms with Gasteiger partial charge in [-0.3, -0.25) is 0 Å². The predicted molar refractivity (Wildman–Crippen MR) is 72.3 cm³/mol. The van der Waals surface area contributed by atoms with Gasteiger partial charge in [0.1, 0.15) is 0 Å². The van der Waals surface area contributed by atoms with E-state index in [1.807, 2.05) is 18.2 Å². The molecule has 3 heteroatoms. The molecule has 0 unspecified atom stereocenters. The van der Waals surface area contributed by atoms with E-state index in [4.69, 9.17) is 4.43 Å². The largest absolute Gasteiger partial charge is 0.532 e. The molecule has 0 heterocycles. The molecule has 0 aliphatic carbocycles. The molecule has 86 valence electrons. The topological polar surface area (TPSA) is 21.6 Å². The van der Waals surface area contributed by atoms with Crippen molar-refractivity contribution in [3.8, 4) is 0 Å². The molecule has 0 aromatic heterocycles. The van der Waals surface area contributed by atoms with Gasteiger partial charge in [-0.1, -0.05) is 24.3 Å². The second-order valence-corrected chi connectivity index (χ2v) is 9.15.